The van der Waals surface area contributed by atoms with Gasteiger partial charge < -0.3 is 15.2 Å². The average molecular weight is 355 g/mol. The van der Waals surface area contributed by atoms with E-state index in [-0.39, 0.29) is 6.42 Å². The Labute approximate surface area is 154 Å². The Morgan fingerprint density at radius 3 is 2.27 bits per heavy atom. The highest BCUT2D eigenvalue weighted by atomic mass is 16.6. The summed E-state index contributed by atoms with van der Waals surface area (Å²) in [6.45, 7) is 5.20. The number of aryl methyl sites for hydroxylation is 1. The highest BCUT2D eigenvalue weighted by Crippen LogP contribution is 2.24. The van der Waals surface area contributed by atoms with Crippen molar-refractivity contribution in [2.45, 2.75) is 45.3 Å². The molecule has 0 spiro atoms. The number of aliphatic carboxylic acids is 1. The second kappa shape index (κ2) is 8.52. The van der Waals surface area contributed by atoms with Gasteiger partial charge in [0.25, 0.3) is 0 Å². The lowest BCUT2D eigenvalue weighted by atomic mass is 9.95. The Bertz CT molecular complexity index is 750. The summed E-state index contributed by atoms with van der Waals surface area (Å²) in [6, 6.07) is 16.8. The number of rotatable bonds is 6. The van der Waals surface area contributed by atoms with Gasteiger partial charge in [0.2, 0.25) is 0 Å². The molecule has 1 atom stereocenters. The Balaban J connectivity index is 2.08. The molecule has 0 aliphatic heterocycles. The number of hydrogen-bond donors (Lipinski definition) is 2. The summed E-state index contributed by atoms with van der Waals surface area (Å²) in [6.07, 6.45) is 0.0808. The fraction of sp³-hybridized carbons (Fsp3) is 0.333. The van der Waals surface area contributed by atoms with Crippen LogP contribution in [-0.4, -0.2) is 28.8 Å². The molecular weight excluding hydrogens is 330 g/mol. The maximum Gasteiger partial charge on any atom is 0.408 e. The smallest absolute Gasteiger partial charge is 0.408 e. The third-order valence-electron chi connectivity index (χ3n) is 3.79. The summed E-state index contributed by atoms with van der Waals surface area (Å²) >= 11 is 0. The van der Waals surface area contributed by atoms with Crippen molar-refractivity contribution in [3.8, 4) is 11.1 Å². The number of alkyl carbamates (subject to hydrolysis) is 1. The molecule has 1 unspecified atom stereocenters. The van der Waals surface area contributed by atoms with Crippen LogP contribution in [0.2, 0.25) is 0 Å². The second-order valence-electron chi connectivity index (χ2n) is 7.10. The van der Waals surface area contributed by atoms with Crippen LogP contribution in [0.4, 0.5) is 4.79 Å². The molecule has 2 rings (SSSR count). The first-order chi connectivity index (χ1) is 12.3. The molecule has 26 heavy (non-hydrogen) atoms. The number of carbonyl (C=O) groups excluding carboxylic acids is 1. The van der Waals surface area contributed by atoms with Gasteiger partial charge in [0.1, 0.15) is 11.6 Å². The van der Waals surface area contributed by atoms with Gasteiger partial charge in [-0.2, -0.15) is 0 Å². The van der Waals surface area contributed by atoms with Crippen LogP contribution < -0.4 is 5.32 Å². The lowest BCUT2D eigenvalue weighted by Gasteiger charge is -2.22. The predicted molar refractivity (Wildman–Crippen MR) is 101 cm³/mol. The average Bonchev–Trinajstić information content (AvgIpc) is 2.58. The van der Waals surface area contributed by atoms with Crippen LogP contribution in [0, 0.1) is 0 Å². The van der Waals surface area contributed by atoms with Crippen LogP contribution in [0.5, 0.6) is 0 Å². The number of ether oxygens (including phenoxy) is 1. The Morgan fingerprint density at radius 1 is 1.04 bits per heavy atom. The molecule has 0 heterocycles. The highest BCUT2D eigenvalue weighted by molar-refractivity contribution is 5.80. The number of amides is 1. The van der Waals surface area contributed by atoms with Gasteiger partial charge in [-0.1, -0.05) is 54.6 Å². The molecule has 2 aromatic rings. The minimum Gasteiger partial charge on any atom is -0.480 e. The minimum atomic E-state index is -1.08. The van der Waals surface area contributed by atoms with Gasteiger partial charge in [-0.15, -0.1) is 0 Å². The summed E-state index contributed by atoms with van der Waals surface area (Å²) < 4.78 is 5.15. The van der Waals surface area contributed by atoms with Crippen LogP contribution in [0.3, 0.4) is 0 Å². The molecule has 5 nitrogen and oxygen atoms in total. The van der Waals surface area contributed by atoms with Crippen LogP contribution in [0.1, 0.15) is 32.8 Å². The molecule has 0 bridgehead atoms. The monoisotopic (exact) mass is 355 g/mol. The molecular formula is C21H25NO4. The third-order valence-corrected chi connectivity index (χ3v) is 3.79. The van der Waals surface area contributed by atoms with Crippen molar-refractivity contribution in [1.82, 2.24) is 5.32 Å². The van der Waals surface area contributed by atoms with Gasteiger partial charge in [-0.3, -0.25) is 0 Å². The Kier molecular flexibility index (Phi) is 6.39. The zero-order valence-corrected chi connectivity index (χ0v) is 15.4. The first-order valence-electron chi connectivity index (χ1n) is 8.62. The van der Waals surface area contributed by atoms with E-state index in [0.717, 1.165) is 16.7 Å². The molecule has 0 fully saturated rings. The fourth-order valence-electron chi connectivity index (χ4n) is 2.64. The molecule has 5 heteroatoms. The van der Waals surface area contributed by atoms with Crippen molar-refractivity contribution in [1.29, 1.82) is 0 Å². The van der Waals surface area contributed by atoms with E-state index in [1.807, 2.05) is 54.6 Å². The van der Waals surface area contributed by atoms with Crippen molar-refractivity contribution >= 4 is 12.1 Å². The van der Waals surface area contributed by atoms with Crippen molar-refractivity contribution in [3.05, 3.63) is 60.2 Å². The van der Waals surface area contributed by atoms with E-state index in [0.29, 0.717) is 6.42 Å². The molecule has 0 radical (unpaired) electrons. The Morgan fingerprint density at radius 2 is 1.65 bits per heavy atom. The van der Waals surface area contributed by atoms with Gasteiger partial charge in [-0.25, -0.2) is 9.59 Å². The topological polar surface area (TPSA) is 75.6 Å². The largest absolute Gasteiger partial charge is 0.480 e. The summed E-state index contributed by atoms with van der Waals surface area (Å²) in [5, 5.41) is 11.9. The summed E-state index contributed by atoms with van der Waals surface area (Å²) in [5.74, 6) is -1.08. The van der Waals surface area contributed by atoms with Gasteiger partial charge in [-0.05, 0) is 50.3 Å². The fourth-order valence-corrected chi connectivity index (χ4v) is 2.64. The summed E-state index contributed by atoms with van der Waals surface area (Å²) in [4.78, 5) is 23.4. The molecule has 0 aliphatic carbocycles. The second-order valence-corrected chi connectivity index (χ2v) is 7.10. The van der Waals surface area contributed by atoms with E-state index in [2.05, 4.69) is 5.32 Å². The van der Waals surface area contributed by atoms with Crippen molar-refractivity contribution in [3.63, 3.8) is 0 Å². The summed E-state index contributed by atoms with van der Waals surface area (Å²) in [5.41, 5.74) is 2.51. The number of hydrogen-bond acceptors (Lipinski definition) is 3. The van der Waals surface area contributed by atoms with Gasteiger partial charge >= 0.3 is 12.1 Å². The van der Waals surface area contributed by atoms with Crippen molar-refractivity contribution < 1.29 is 19.4 Å². The number of nitrogens with one attached hydrogen (secondary N) is 1. The van der Waals surface area contributed by atoms with E-state index in [1.54, 1.807) is 20.8 Å². The van der Waals surface area contributed by atoms with Gasteiger partial charge in [0.05, 0.1) is 0 Å². The number of benzene rings is 2. The quantitative estimate of drug-likeness (QED) is 0.812. The van der Waals surface area contributed by atoms with Crippen molar-refractivity contribution in [2.24, 2.45) is 0 Å². The van der Waals surface area contributed by atoms with Crippen LogP contribution in [-0.2, 0) is 16.0 Å². The standard InChI is InChI=1S/C21H25NO4/c1-21(2,3)26-20(25)22-18(19(23)24)14-13-16-11-7-8-12-17(16)15-9-5-4-6-10-15/h4-12,18H,13-14H2,1-3H3,(H,22,25)(H,23,24). The number of carbonyl (C=O) groups is 2. The zero-order valence-electron chi connectivity index (χ0n) is 15.4. The predicted octanol–water partition coefficient (Wildman–Crippen LogP) is 4.26. The van der Waals surface area contributed by atoms with Crippen LogP contribution >= 0.6 is 0 Å². The first kappa shape index (κ1) is 19.5. The maximum absolute atomic E-state index is 11.9. The molecule has 0 aromatic heterocycles. The van der Waals surface area contributed by atoms with Crippen LogP contribution in [0.25, 0.3) is 11.1 Å². The third kappa shape index (κ3) is 5.92. The summed E-state index contributed by atoms with van der Waals surface area (Å²) in [7, 11) is 0. The first-order valence-corrected chi connectivity index (χ1v) is 8.62. The highest BCUT2D eigenvalue weighted by Gasteiger charge is 2.24. The van der Waals surface area contributed by atoms with E-state index < -0.39 is 23.7 Å². The lowest BCUT2D eigenvalue weighted by molar-refractivity contribution is -0.139. The van der Waals surface area contributed by atoms with E-state index in [4.69, 9.17) is 4.74 Å². The van der Waals surface area contributed by atoms with Crippen molar-refractivity contribution in [2.75, 3.05) is 0 Å². The van der Waals surface area contributed by atoms with E-state index in [9.17, 15) is 14.7 Å². The Hall–Kier alpha value is -2.82. The number of carboxylic acids is 1. The molecule has 2 N–H and O–H groups in total. The SMILES string of the molecule is CC(C)(C)OC(=O)NC(CCc1ccccc1-c1ccccc1)C(=O)O. The molecule has 138 valence electrons. The van der Waals surface area contributed by atoms with E-state index >= 15 is 0 Å². The minimum absolute atomic E-state index is 0.276. The molecule has 2 aromatic carbocycles. The van der Waals surface area contributed by atoms with Gasteiger partial charge in [0.15, 0.2) is 0 Å². The van der Waals surface area contributed by atoms with Gasteiger partial charge in [0, 0.05) is 0 Å². The molecule has 0 aliphatic rings. The van der Waals surface area contributed by atoms with Crippen LogP contribution in [0.15, 0.2) is 54.6 Å². The zero-order chi connectivity index (χ0) is 19.2. The number of carboxylic acid groups (broad SMARTS) is 1. The van der Waals surface area contributed by atoms with E-state index in [1.165, 1.54) is 0 Å². The molecule has 0 saturated carbocycles. The lowest BCUT2D eigenvalue weighted by Crippen LogP contribution is -2.43. The normalized spacial score (nSPS) is 12.3. The molecule has 1 amide bonds. The molecule has 0 saturated heterocycles. The maximum atomic E-state index is 11.9.